The van der Waals surface area contributed by atoms with Crippen LogP contribution in [0.3, 0.4) is 0 Å². The van der Waals surface area contributed by atoms with Crippen LogP contribution >= 0.6 is 0 Å². The molecule has 1 aliphatic heterocycles. The summed E-state index contributed by atoms with van der Waals surface area (Å²) < 4.78 is 10.9. The largest absolute Gasteiger partial charge is 0.491 e. The second-order valence-corrected chi connectivity index (χ2v) is 7.00. The van der Waals surface area contributed by atoms with E-state index >= 15 is 0 Å². The van der Waals surface area contributed by atoms with Crippen LogP contribution in [0.2, 0.25) is 0 Å². The van der Waals surface area contributed by atoms with Gasteiger partial charge in [-0.05, 0) is 35.6 Å². The predicted octanol–water partition coefficient (Wildman–Crippen LogP) is 1.71. The summed E-state index contributed by atoms with van der Waals surface area (Å²) in [6.07, 6.45) is 2.42. The van der Waals surface area contributed by atoms with Crippen LogP contribution in [-0.2, 0) is 20.7 Å². The van der Waals surface area contributed by atoms with E-state index in [-0.39, 0.29) is 18.2 Å². The number of nitrogens with two attached hydrogens (primary N) is 1. The number of rotatable bonds is 8. The van der Waals surface area contributed by atoms with E-state index in [1.807, 2.05) is 19.1 Å². The Labute approximate surface area is 163 Å². The van der Waals surface area contributed by atoms with Gasteiger partial charge in [-0.25, -0.2) is 9.78 Å². The fourth-order valence-electron chi connectivity index (χ4n) is 3.50. The first kappa shape index (κ1) is 19.9. The number of hydrogen-bond acceptors (Lipinski definition) is 6. The molecular formula is C20H25N3O5. The van der Waals surface area contributed by atoms with Gasteiger partial charge in [0.25, 0.3) is 0 Å². The van der Waals surface area contributed by atoms with E-state index in [4.69, 9.17) is 15.2 Å². The summed E-state index contributed by atoms with van der Waals surface area (Å²) in [5.41, 5.74) is 6.68. The summed E-state index contributed by atoms with van der Waals surface area (Å²) in [6.45, 7) is 2.98. The Kier molecular flexibility index (Phi) is 5.99. The van der Waals surface area contributed by atoms with Gasteiger partial charge in [0, 0.05) is 37.6 Å². The van der Waals surface area contributed by atoms with E-state index < -0.39 is 12.0 Å². The van der Waals surface area contributed by atoms with Gasteiger partial charge >= 0.3 is 5.97 Å². The smallest absolute Gasteiger partial charge is 0.326 e. The first-order valence-corrected chi connectivity index (χ1v) is 9.24. The number of carbonyl (C=O) groups excluding carboxylic acids is 1. The fraction of sp³-hybridized carbons (Fsp3) is 0.450. The van der Waals surface area contributed by atoms with Gasteiger partial charge in [0.1, 0.15) is 24.2 Å². The number of nitrogen functional groups attached to an aromatic ring is 1. The molecule has 1 aromatic heterocycles. The predicted molar refractivity (Wildman–Crippen MR) is 104 cm³/mol. The standard InChI is InChI=1S/C20H25N3O5/c1-12-4-6-23(19(12)24)16(20(25)26)10-14-9-13-3-5-22-18(21)15(13)11-17(14)28-8-7-27-2/h3,5,9,11-12,16H,4,6-8,10H2,1-2H3,(H2,21,22)(H,25,26)/t12-,16+/m0/s1. The van der Waals surface area contributed by atoms with Crippen LogP contribution < -0.4 is 10.5 Å². The number of carboxylic acid groups (broad SMARTS) is 1. The highest BCUT2D eigenvalue weighted by molar-refractivity contribution is 5.93. The number of ether oxygens (including phenoxy) is 2. The number of amides is 1. The first-order valence-electron chi connectivity index (χ1n) is 9.24. The number of methoxy groups -OCH3 is 1. The molecule has 0 unspecified atom stereocenters. The van der Waals surface area contributed by atoms with Gasteiger partial charge in [-0.3, -0.25) is 4.79 Å². The van der Waals surface area contributed by atoms with Gasteiger partial charge in [0.2, 0.25) is 5.91 Å². The van der Waals surface area contributed by atoms with E-state index in [0.717, 1.165) is 10.8 Å². The van der Waals surface area contributed by atoms with Crippen molar-refractivity contribution in [3.63, 3.8) is 0 Å². The molecule has 8 heteroatoms. The Balaban J connectivity index is 1.97. The highest BCUT2D eigenvalue weighted by Crippen LogP contribution is 2.31. The molecule has 1 aromatic carbocycles. The minimum absolute atomic E-state index is 0.122. The van der Waals surface area contributed by atoms with Crippen molar-refractivity contribution in [1.82, 2.24) is 9.88 Å². The monoisotopic (exact) mass is 387 g/mol. The number of aliphatic carboxylic acids is 1. The summed E-state index contributed by atoms with van der Waals surface area (Å²) in [4.78, 5) is 29.9. The average molecular weight is 387 g/mol. The minimum atomic E-state index is -1.03. The lowest BCUT2D eigenvalue weighted by Crippen LogP contribution is -2.44. The van der Waals surface area contributed by atoms with Crippen molar-refractivity contribution in [2.45, 2.75) is 25.8 Å². The Morgan fingerprint density at radius 1 is 1.43 bits per heavy atom. The molecular weight excluding hydrogens is 362 g/mol. The molecule has 28 heavy (non-hydrogen) atoms. The molecule has 3 rings (SSSR count). The highest BCUT2D eigenvalue weighted by atomic mass is 16.5. The molecule has 3 N–H and O–H groups in total. The lowest BCUT2D eigenvalue weighted by molar-refractivity contribution is -0.149. The number of carbonyl (C=O) groups is 2. The molecule has 1 fully saturated rings. The van der Waals surface area contributed by atoms with Gasteiger partial charge < -0.3 is 25.2 Å². The van der Waals surface area contributed by atoms with Gasteiger partial charge in [-0.1, -0.05) is 6.92 Å². The summed E-state index contributed by atoms with van der Waals surface area (Å²) in [7, 11) is 1.58. The number of anilines is 1. The molecule has 1 aliphatic rings. The lowest BCUT2D eigenvalue weighted by atomic mass is 10.00. The third-order valence-electron chi connectivity index (χ3n) is 5.10. The first-order chi connectivity index (χ1) is 13.4. The lowest BCUT2D eigenvalue weighted by Gasteiger charge is -2.25. The topological polar surface area (TPSA) is 115 Å². The van der Waals surface area contributed by atoms with E-state index in [2.05, 4.69) is 4.98 Å². The van der Waals surface area contributed by atoms with Crippen LogP contribution in [0.1, 0.15) is 18.9 Å². The maximum Gasteiger partial charge on any atom is 0.326 e. The Morgan fingerprint density at radius 2 is 2.21 bits per heavy atom. The fourth-order valence-corrected chi connectivity index (χ4v) is 3.50. The molecule has 0 saturated carbocycles. The molecule has 0 bridgehead atoms. The zero-order valence-electron chi connectivity index (χ0n) is 16.1. The van der Waals surface area contributed by atoms with Crippen LogP contribution in [0.25, 0.3) is 10.8 Å². The molecule has 8 nitrogen and oxygen atoms in total. The van der Waals surface area contributed by atoms with Crippen LogP contribution in [0.4, 0.5) is 5.82 Å². The molecule has 2 atom stereocenters. The van der Waals surface area contributed by atoms with E-state index in [1.54, 1.807) is 19.4 Å². The second-order valence-electron chi connectivity index (χ2n) is 7.00. The van der Waals surface area contributed by atoms with Crippen LogP contribution in [0.5, 0.6) is 5.75 Å². The Hall–Kier alpha value is -2.87. The number of nitrogens with zero attached hydrogens (tertiary/aromatic N) is 2. The molecule has 2 heterocycles. The molecule has 1 amide bonds. The maximum atomic E-state index is 12.4. The van der Waals surface area contributed by atoms with Crippen molar-refractivity contribution in [2.75, 3.05) is 32.6 Å². The molecule has 0 aliphatic carbocycles. The zero-order valence-corrected chi connectivity index (χ0v) is 16.1. The quantitative estimate of drug-likeness (QED) is 0.663. The molecule has 1 saturated heterocycles. The van der Waals surface area contributed by atoms with Crippen LogP contribution in [0, 0.1) is 5.92 Å². The van der Waals surface area contributed by atoms with Gasteiger partial charge in [0.15, 0.2) is 0 Å². The van der Waals surface area contributed by atoms with Crippen molar-refractivity contribution in [3.05, 3.63) is 30.0 Å². The number of likely N-dealkylation sites (tertiary alicyclic amines) is 1. The molecule has 150 valence electrons. The third kappa shape index (κ3) is 4.01. The summed E-state index contributed by atoms with van der Waals surface area (Å²) in [5, 5.41) is 11.3. The SMILES string of the molecule is COCCOc1cc2c(N)nccc2cc1C[C@H](C(=O)O)N1CC[C@H](C)C1=O. The highest BCUT2D eigenvalue weighted by Gasteiger charge is 2.37. The van der Waals surface area contributed by atoms with Crippen molar-refractivity contribution in [1.29, 1.82) is 0 Å². The second kappa shape index (κ2) is 8.43. The molecule has 2 aromatic rings. The van der Waals surface area contributed by atoms with Gasteiger partial charge in [-0.2, -0.15) is 0 Å². The van der Waals surface area contributed by atoms with E-state index in [1.165, 1.54) is 4.90 Å². The van der Waals surface area contributed by atoms with Gasteiger partial charge in [0.05, 0.1) is 6.61 Å². The van der Waals surface area contributed by atoms with Crippen molar-refractivity contribution >= 4 is 28.5 Å². The molecule has 0 radical (unpaired) electrons. The summed E-state index contributed by atoms with van der Waals surface area (Å²) >= 11 is 0. The third-order valence-corrected chi connectivity index (χ3v) is 5.10. The van der Waals surface area contributed by atoms with Crippen LogP contribution in [-0.4, -0.2) is 59.8 Å². The zero-order chi connectivity index (χ0) is 20.3. The number of benzene rings is 1. The number of pyridine rings is 1. The van der Waals surface area contributed by atoms with E-state index in [0.29, 0.717) is 43.3 Å². The Morgan fingerprint density at radius 3 is 2.86 bits per heavy atom. The van der Waals surface area contributed by atoms with Crippen molar-refractivity contribution in [3.8, 4) is 5.75 Å². The number of fused-ring (bicyclic) bond motifs is 1. The average Bonchev–Trinajstić information content (AvgIpc) is 2.99. The Bertz CT molecular complexity index is 886. The summed E-state index contributed by atoms with van der Waals surface area (Å²) in [5.74, 6) is -0.404. The van der Waals surface area contributed by atoms with Crippen molar-refractivity contribution < 1.29 is 24.2 Å². The van der Waals surface area contributed by atoms with Crippen molar-refractivity contribution in [2.24, 2.45) is 5.92 Å². The minimum Gasteiger partial charge on any atom is -0.491 e. The number of hydrogen-bond donors (Lipinski definition) is 2. The van der Waals surface area contributed by atoms with E-state index in [9.17, 15) is 14.7 Å². The number of carboxylic acids is 1. The molecule has 0 spiro atoms. The number of aromatic nitrogens is 1. The van der Waals surface area contributed by atoms with Crippen LogP contribution in [0.15, 0.2) is 24.4 Å². The maximum absolute atomic E-state index is 12.4. The van der Waals surface area contributed by atoms with Gasteiger partial charge in [-0.15, -0.1) is 0 Å². The summed E-state index contributed by atoms with van der Waals surface area (Å²) in [6, 6.07) is 4.50. The normalized spacial score (nSPS) is 17.9.